The van der Waals surface area contributed by atoms with Gasteiger partial charge in [0.05, 0.1) is 19.2 Å². The molecule has 0 amide bonds. The lowest BCUT2D eigenvalue weighted by molar-refractivity contribution is 0.199. The molecule has 2 atom stereocenters. The maximum Gasteiger partial charge on any atom is 0.240 e. The Balaban J connectivity index is 1.81. The highest BCUT2D eigenvalue weighted by Gasteiger charge is 2.15. The summed E-state index contributed by atoms with van der Waals surface area (Å²) >= 11 is 0. The van der Waals surface area contributed by atoms with Crippen LogP contribution in [0.3, 0.4) is 0 Å². The Morgan fingerprint density at radius 2 is 2.30 bits per heavy atom. The van der Waals surface area contributed by atoms with Crippen LogP contribution in [-0.2, 0) is 17.7 Å². The van der Waals surface area contributed by atoms with Gasteiger partial charge >= 0.3 is 0 Å². The predicted molar refractivity (Wildman–Crippen MR) is 73.1 cm³/mol. The van der Waals surface area contributed by atoms with E-state index in [1.165, 1.54) is 0 Å². The molecule has 0 fully saturated rings. The number of hydrogen-bond donors (Lipinski definition) is 1. The molecule has 0 aliphatic carbocycles. The SMILES string of the molecule is COCCc1noc(CN[C@H](C)[C@H](C)n2cccn2)n1. The van der Waals surface area contributed by atoms with Crippen molar-refractivity contribution in [3.63, 3.8) is 0 Å². The lowest BCUT2D eigenvalue weighted by Gasteiger charge is -2.20. The number of rotatable bonds is 8. The fourth-order valence-electron chi connectivity index (χ4n) is 1.83. The van der Waals surface area contributed by atoms with Crippen molar-refractivity contribution in [1.29, 1.82) is 0 Å². The van der Waals surface area contributed by atoms with E-state index in [1.54, 1.807) is 13.3 Å². The Kier molecular flexibility index (Phi) is 5.25. The summed E-state index contributed by atoms with van der Waals surface area (Å²) in [4.78, 5) is 4.30. The van der Waals surface area contributed by atoms with E-state index >= 15 is 0 Å². The van der Waals surface area contributed by atoms with E-state index in [0.717, 1.165) is 0 Å². The second-order valence-corrected chi connectivity index (χ2v) is 4.74. The maximum atomic E-state index is 5.18. The molecule has 0 aliphatic heterocycles. The van der Waals surface area contributed by atoms with Gasteiger partial charge in [-0.2, -0.15) is 10.1 Å². The zero-order valence-electron chi connectivity index (χ0n) is 12.1. The van der Waals surface area contributed by atoms with Crippen LogP contribution in [0.5, 0.6) is 0 Å². The average Bonchev–Trinajstić information content (AvgIpc) is 3.13. The first-order valence-electron chi connectivity index (χ1n) is 6.73. The molecule has 0 radical (unpaired) electrons. The van der Waals surface area contributed by atoms with Crippen LogP contribution in [0.1, 0.15) is 31.6 Å². The van der Waals surface area contributed by atoms with Gasteiger partial charge in [-0.25, -0.2) is 0 Å². The predicted octanol–water partition coefficient (Wildman–Crippen LogP) is 1.19. The first-order chi connectivity index (χ1) is 9.70. The summed E-state index contributed by atoms with van der Waals surface area (Å²) in [6.07, 6.45) is 4.40. The van der Waals surface area contributed by atoms with E-state index in [2.05, 4.69) is 34.4 Å². The highest BCUT2D eigenvalue weighted by Crippen LogP contribution is 2.09. The van der Waals surface area contributed by atoms with Crippen LogP contribution in [0.25, 0.3) is 0 Å². The summed E-state index contributed by atoms with van der Waals surface area (Å²) in [5, 5.41) is 11.5. The van der Waals surface area contributed by atoms with Crippen molar-refractivity contribution >= 4 is 0 Å². The quantitative estimate of drug-likeness (QED) is 0.782. The van der Waals surface area contributed by atoms with Gasteiger partial charge in [0.15, 0.2) is 5.82 Å². The summed E-state index contributed by atoms with van der Waals surface area (Å²) in [5.74, 6) is 1.27. The third-order valence-corrected chi connectivity index (χ3v) is 3.28. The molecule has 110 valence electrons. The van der Waals surface area contributed by atoms with Gasteiger partial charge in [0.2, 0.25) is 5.89 Å². The van der Waals surface area contributed by atoms with Gasteiger partial charge in [0.25, 0.3) is 0 Å². The van der Waals surface area contributed by atoms with Crippen LogP contribution in [0.15, 0.2) is 23.0 Å². The molecule has 2 rings (SSSR count). The Morgan fingerprint density at radius 1 is 1.45 bits per heavy atom. The number of nitrogens with zero attached hydrogens (tertiary/aromatic N) is 4. The standard InChI is InChI=1S/C13H21N5O2/c1-10(11(2)18-7-4-6-15-18)14-9-13-16-12(17-20-13)5-8-19-3/h4,6-7,10-11,14H,5,8-9H2,1-3H3/t10-,11+/m1/s1. The summed E-state index contributed by atoms with van der Waals surface area (Å²) in [5.41, 5.74) is 0. The van der Waals surface area contributed by atoms with Crippen molar-refractivity contribution in [2.45, 2.75) is 38.9 Å². The Bertz CT molecular complexity index is 497. The molecule has 0 spiro atoms. The van der Waals surface area contributed by atoms with E-state index in [4.69, 9.17) is 9.26 Å². The van der Waals surface area contributed by atoms with Crippen LogP contribution in [-0.4, -0.2) is 39.7 Å². The van der Waals surface area contributed by atoms with E-state index in [1.807, 2.05) is 16.9 Å². The average molecular weight is 279 g/mol. The Morgan fingerprint density at radius 3 is 3.00 bits per heavy atom. The normalized spacial score (nSPS) is 14.3. The van der Waals surface area contributed by atoms with E-state index < -0.39 is 0 Å². The number of nitrogens with one attached hydrogen (secondary N) is 1. The second kappa shape index (κ2) is 7.16. The van der Waals surface area contributed by atoms with Gasteiger partial charge in [-0.05, 0) is 19.9 Å². The molecule has 1 N–H and O–H groups in total. The van der Waals surface area contributed by atoms with Crippen molar-refractivity contribution in [1.82, 2.24) is 25.2 Å². The van der Waals surface area contributed by atoms with Gasteiger partial charge < -0.3 is 14.6 Å². The molecule has 0 unspecified atom stereocenters. The molecule has 0 saturated carbocycles. The molecule has 20 heavy (non-hydrogen) atoms. The minimum atomic E-state index is 0.240. The highest BCUT2D eigenvalue weighted by molar-refractivity contribution is 4.88. The first kappa shape index (κ1) is 14.7. The lowest BCUT2D eigenvalue weighted by Crippen LogP contribution is -2.33. The number of ether oxygens (including phenoxy) is 1. The topological polar surface area (TPSA) is 78.0 Å². The summed E-state index contributed by atoms with van der Waals surface area (Å²) in [6.45, 7) is 5.36. The molecule has 7 nitrogen and oxygen atoms in total. The molecule has 7 heteroatoms. The first-order valence-corrected chi connectivity index (χ1v) is 6.73. The van der Waals surface area contributed by atoms with Crippen molar-refractivity contribution in [2.24, 2.45) is 0 Å². The zero-order valence-corrected chi connectivity index (χ0v) is 12.1. The molecule has 0 saturated heterocycles. The fraction of sp³-hybridized carbons (Fsp3) is 0.615. The second-order valence-electron chi connectivity index (χ2n) is 4.74. The van der Waals surface area contributed by atoms with Crippen molar-refractivity contribution in [3.05, 3.63) is 30.2 Å². The minimum absolute atomic E-state index is 0.240. The monoisotopic (exact) mass is 279 g/mol. The van der Waals surface area contributed by atoms with Crippen LogP contribution >= 0.6 is 0 Å². The van der Waals surface area contributed by atoms with Gasteiger partial charge in [-0.1, -0.05) is 5.16 Å². The smallest absolute Gasteiger partial charge is 0.240 e. The van der Waals surface area contributed by atoms with Crippen LogP contribution in [0.4, 0.5) is 0 Å². The fourth-order valence-corrected chi connectivity index (χ4v) is 1.83. The highest BCUT2D eigenvalue weighted by atomic mass is 16.5. The van der Waals surface area contributed by atoms with Crippen molar-refractivity contribution in [2.75, 3.05) is 13.7 Å². The number of methoxy groups -OCH3 is 1. The third kappa shape index (κ3) is 3.88. The molecule has 0 bridgehead atoms. The summed E-state index contributed by atoms with van der Waals surface area (Å²) < 4.78 is 12.1. The Labute approximate surface area is 118 Å². The minimum Gasteiger partial charge on any atom is -0.384 e. The van der Waals surface area contributed by atoms with E-state index in [-0.39, 0.29) is 12.1 Å². The van der Waals surface area contributed by atoms with Crippen LogP contribution in [0.2, 0.25) is 0 Å². The molecular weight excluding hydrogens is 258 g/mol. The van der Waals surface area contributed by atoms with Gasteiger partial charge in [0.1, 0.15) is 0 Å². The maximum absolute atomic E-state index is 5.18. The number of hydrogen-bond acceptors (Lipinski definition) is 6. The van der Waals surface area contributed by atoms with E-state index in [9.17, 15) is 0 Å². The van der Waals surface area contributed by atoms with Crippen molar-refractivity contribution < 1.29 is 9.26 Å². The largest absolute Gasteiger partial charge is 0.384 e. The molecule has 0 aliphatic rings. The zero-order chi connectivity index (χ0) is 14.4. The van der Waals surface area contributed by atoms with Crippen molar-refractivity contribution in [3.8, 4) is 0 Å². The molecule has 0 aromatic carbocycles. The summed E-state index contributed by atoms with van der Waals surface area (Å²) in [7, 11) is 1.65. The molecule has 2 aromatic heterocycles. The van der Waals surface area contributed by atoms with Crippen LogP contribution in [0, 0.1) is 0 Å². The Hall–Kier alpha value is -1.73. The molecule has 2 heterocycles. The van der Waals surface area contributed by atoms with Gasteiger partial charge in [-0.15, -0.1) is 0 Å². The van der Waals surface area contributed by atoms with Gasteiger partial charge in [-0.3, -0.25) is 4.68 Å². The van der Waals surface area contributed by atoms with Gasteiger partial charge in [0, 0.05) is 32.0 Å². The summed E-state index contributed by atoms with van der Waals surface area (Å²) in [6, 6.07) is 2.41. The third-order valence-electron chi connectivity index (χ3n) is 3.28. The van der Waals surface area contributed by atoms with E-state index in [0.29, 0.717) is 31.3 Å². The lowest BCUT2D eigenvalue weighted by atomic mass is 10.2. The van der Waals surface area contributed by atoms with Crippen LogP contribution < -0.4 is 5.32 Å². The molecule has 2 aromatic rings. The molecular formula is C13H21N5O2. The number of aromatic nitrogens is 4.